The highest BCUT2D eigenvalue weighted by Gasteiger charge is 2.19. The van der Waals surface area contributed by atoms with Crippen molar-refractivity contribution in [3.05, 3.63) is 109 Å². The molecule has 6 nitrogen and oxygen atoms in total. The third kappa shape index (κ3) is 55.0. The Morgan fingerprint density at radius 2 is 0.557 bits per heavy atom. The van der Waals surface area contributed by atoms with Crippen LogP contribution in [0.4, 0.5) is 0 Å². The summed E-state index contributed by atoms with van der Waals surface area (Å²) >= 11 is 0. The van der Waals surface area contributed by atoms with Crippen molar-refractivity contribution in [2.45, 2.75) is 264 Å². The van der Waals surface area contributed by atoms with Crippen LogP contribution in [0.2, 0.25) is 0 Å². The summed E-state index contributed by atoms with van der Waals surface area (Å²) in [6, 6.07) is 0. The largest absolute Gasteiger partial charge is 0.462 e. The van der Waals surface area contributed by atoms with Gasteiger partial charge >= 0.3 is 17.9 Å². The van der Waals surface area contributed by atoms with E-state index in [0.29, 0.717) is 19.3 Å². The molecule has 398 valence electrons. The van der Waals surface area contributed by atoms with Crippen LogP contribution < -0.4 is 0 Å². The van der Waals surface area contributed by atoms with Crippen LogP contribution >= 0.6 is 0 Å². The van der Waals surface area contributed by atoms with E-state index in [4.69, 9.17) is 14.2 Å². The zero-order valence-corrected chi connectivity index (χ0v) is 45.5. The first kappa shape index (κ1) is 66.1. The van der Waals surface area contributed by atoms with Crippen molar-refractivity contribution in [3.8, 4) is 0 Å². The van der Waals surface area contributed by atoms with Crippen LogP contribution in [0.3, 0.4) is 0 Å². The van der Waals surface area contributed by atoms with Gasteiger partial charge in [-0.05, 0) is 122 Å². The summed E-state index contributed by atoms with van der Waals surface area (Å²) in [4.78, 5) is 38.1. The highest BCUT2D eigenvalue weighted by molar-refractivity contribution is 5.71. The Kier molecular flexibility index (Phi) is 54.4. The Bertz CT molecular complexity index is 1440. The van der Waals surface area contributed by atoms with Crippen molar-refractivity contribution in [2.75, 3.05) is 13.2 Å². The number of allylic oxidation sites excluding steroid dienone is 18. The Balaban J connectivity index is 4.40. The van der Waals surface area contributed by atoms with Gasteiger partial charge in [0, 0.05) is 19.3 Å². The molecule has 0 fully saturated rings. The number of ether oxygens (including phenoxy) is 3. The molecule has 0 spiro atoms. The Labute approximate surface area is 431 Å². The van der Waals surface area contributed by atoms with E-state index in [9.17, 15) is 14.4 Å². The molecule has 70 heavy (non-hydrogen) atoms. The normalized spacial score (nSPS) is 12.9. The minimum Gasteiger partial charge on any atom is -0.462 e. The molecule has 0 heterocycles. The molecule has 0 aliphatic carbocycles. The first-order valence-electron chi connectivity index (χ1n) is 28.9. The smallest absolute Gasteiger partial charge is 0.306 e. The number of hydrogen-bond acceptors (Lipinski definition) is 6. The Morgan fingerprint density at radius 1 is 0.300 bits per heavy atom. The first-order valence-corrected chi connectivity index (χ1v) is 28.9. The highest BCUT2D eigenvalue weighted by Crippen LogP contribution is 2.14. The van der Waals surface area contributed by atoms with Gasteiger partial charge in [-0.3, -0.25) is 14.4 Å². The zero-order valence-electron chi connectivity index (χ0n) is 45.5. The summed E-state index contributed by atoms with van der Waals surface area (Å²) < 4.78 is 16.8. The highest BCUT2D eigenvalue weighted by atomic mass is 16.6. The maximum Gasteiger partial charge on any atom is 0.306 e. The molecule has 0 amide bonds. The number of carbonyl (C=O) groups is 3. The van der Waals surface area contributed by atoms with Gasteiger partial charge in [0.25, 0.3) is 0 Å². The van der Waals surface area contributed by atoms with E-state index in [1.807, 2.05) is 0 Å². The molecule has 0 aromatic heterocycles. The Morgan fingerprint density at radius 3 is 0.914 bits per heavy atom. The molecule has 0 saturated carbocycles. The van der Waals surface area contributed by atoms with Crippen molar-refractivity contribution in [2.24, 2.45) is 0 Å². The van der Waals surface area contributed by atoms with Gasteiger partial charge in [-0.15, -0.1) is 0 Å². The standard InChI is InChI=1S/C64H106O6/c1-4-7-10-13-16-19-22-25-28-29-30-31-32-33-34-35-37-39-42-45-48-51-54-57-63(66)69-60-61(59-68-62(65)56-53-50-47-44-41-38-27-24-21-18-15-12-9-6-3)70-64(67)58-55-52-49-46-43-40-36-26-23-20-17-14-11-8-5-2/h7-8,10-11,16-17,19-20,24-28,30-31,36,43,46,61H,4-6,9,12-15,18,21-23,29,32-35,37-42,44-45,47-60H2,1-3H3/b10-7-,11-8-,19-16-,20-17-,27-24-,28-25-,31-30-,36-26-,46-43-. The second-order valence-electron chi connectivity index (χ2n) is 18.8. The van der Waals surface area contributed by atoms with E-state index in [1.165, 1.54) is 96.3 Å². The fourth-order valence-corrected chi connectivity index (χ4v) is 7.71. The molecule has 0 aliphatic rings. The third-order valence-corrected chi connectivity index (χ3v) is 12.0. The Hall–Kier alpha value is -3.93. The van der Waals surface area contributed by atoms with Gasteiger partial charge in [-0.25, -0.2) is 0 Å². The molecule has 1 unspecified atom stereocenters. The van der Waals surface area contributed by atoms with Gasteiger partial charge in [0.05, 0.1) is 0 Å². The average molecular weight is 972 g/mol. The van der Waals surface area contributed by atoms with Gasteiger partial charge < -0.3 is 14.2 Å². The number of esters is 3. The van der Waals surface area contributed by atoms with Crippen molar-refractivity contribution in [1.82, 2.24) is 0 Å². The number of rotatable bonds is 51. The summed E-state index contributed by atoms with van der Waals surface area (Å²) in [5.41, 5.74) is 0. The minimum atomic E-state index is -0.807. The van der Waals surface area contributed by atoms with Gasteiger partial charge in [0.15, 0.2) is 6.10 Å². The van der Waals surface area contributed by atoms with Crippen molar-refractivity contribution >= 4 is 17.9 Å². The van der Waals surface area contributed by atoms with Crippen molar-refractivity contribution < 1.29 is 28.6 Å². The van der Waals surface area contributed by atoms with Gasteiger partial charge in [-0.2, -0.15) is 0 Å². The van der Waals surface area contributed by atoms with Crippen molar-refractivity contribution in [3.63, 3.8) is 0 Å². The zero-order chi connectivity index (χ0) is 50.7. The van der Waals surface area contributed by atoms with E-state index < -0.39 is 6.10 Å². The lowest BCUT2D eigenvalue weighted by Gasteiger charge is -2.18. The summed E-state index contributed by atoms with van der Waals surface area (Å²) in [6.07, 6.45) is 78.0. The number of hydrogen-bond donors (Lipinski definition) is 0. The van der Waals surface area contributed by atoms with E-state index in [1.54, 1.807) is 0 Å². The van der Waals surface area contributed by atoms with Gasteiger partial charge in [-0.1, -0.05) is 226 Å². The molecular formula is C64H106O6. The van der Waals surface area contributed by atoms with Crippen molar-refractivity contribution in [1.29, 1.82) is 0 Å². The summed E-state index contributed by atoms with van der Waals surface area (Å²) in [7, 11) is 0. The van der Waals surface area contributed by atoms with Gasteiger partial charge in [0.2, 0.25) is 0 Å². The molecule has 0 aromatic rings. The monoisotopic (exact) mass is 971 g/mol. The summed E-state index contributed by atoms with van der Waals surface area (Å²) in [5.74, 6) is -0.954. The van der Waals surface area contributed by atoms with Crippen LogP contribution in [0.25, 0.3) is 0 Å². The van der Waals surface area contributed by atoms with E-state index in [-0.39, 0.29) is 37.5 Å². The topological polar surface area (TPSA) is 78.9 Å². The van der Waals surface area contributed by atoms with Gasteiger partial charge in [0.1, 0.15) is 13.2 Å². The quantitative estimate of drug-likeness (QED) is 0.0262. The molecule has 0 bridgehead atoms. The molecule has 1 atom stereocenters. The number of unbranched alkanes of at least 4 members (excludes halogenated alkanes) is 22. The fourth-order valence-electron chi connectivity index (χ4n) is 7.71. The third-order valence-electron chi connectivity index (χ3n) is 12.0. The number of carbonyl (C=O) groups excluding carboxylic acids is 3. The molecular weight excluding hydrogens is 865 g/mol. The lowest BCUT2D eigenvalue weighted by Crippen LogP contribution is -2.30. The second-order valence-corrected chi connectivity index (χ2v) is 18.8. The molecule has 0 aliphatic heterocycles. The van der Waals surface area contributed by atoms with E-state index in [2.05, 4.69) is 130 Å². The van der Waals surface area contributed by atoms with Crippen LogP contribution in [0.15, 0.2) is 109 Å². The first-order chi connectivity index (χ1) is 34.5. The predicted molar refractivity (Wildman–Crippen MR) is 302 cm³/mol. The summed E-state index contributed by atoms with van der Waals surface area (Å²) in [5, 5.41) is 0. The van der Waals surface area contributed by atoms with Crippen LogP contribution in [0.1, 0.15) is 258 Å². The van der Waals surface area contributed by atoms with Crippen LogP contribution in [0, 0.1) is 0 Å². The maximum atomic E-state index is 12.8. The SMILES string of the molecule is CC/C=C\C/C=C\C/C=C\C/C=C\CCCCCCCCCCCCC(=O)OCC(COC(=O)CCCCCCC/C=C\CCCCCCC)OC(=O)CCCC/C=C\C/C=C\C/C=C\C/C=C\CC. The molecule has 0 rings (SSSR count). The summed E-state index contributed by atoms with van der Waals surface area (Å²) in [6.45, 7) is 6.36. The molecule has 0 aromatic carbocycles. The van der Waals surface area contributed by atoms with Crippen LogP contribution in [-0.4, -0.2) is 37.2 Å². The lowest BCUT2D eigenvalue weighted by molar-refractivity contribution is -0.167. The maximum absolute atomic E-state index is 12.8. The van der Waals surface area contributed by atoms with E-state index in [0.717, 1.165) is 116 Å². The molecule has 0 radical (unpaired) electrons. The van der Waals surface area contributed by atoms with E-state index >= 15 is 0 Å². The molecule has 6 heteroatoms. The second kappa shape index (κ2) is 57.6. The average Bonchev–Trinajstić information content (AvgIpc) is 3.36. The fraction of sp³-hybridized carbons (Fsp3) is 0.672. The predicted octanol–water partition coefficient (Wildman–Crippen LogP) is 19.5. The lowest BCUT2D eigenvalue weighted by atomic mass is 10.1. The molecule has 0 N–H and O–H groups in total. The molecule has 0 saturated heterocycles. The van der Waals surface area contributed by atoms with Crippen LogP contribution in [-0.2, 0) is 28.6 Å². The minimum absolute atomic E-state index is 0.101. The van der Waals surface area contributed by atoms with Crippen LogP contribution in [0.5, 0.6) is 0 Å².